The third-order valence-electron chi connectivity index (χ3n) is 2.78. The molecule has 0 amide bonds. The predicted octanol–water partition coefficient (Wildman–Crippen LogP) is 2.51. The van der Waals surface area contributed by atoms with E-state index in [4.69, 9.17) is 9.78 Å². The Labute approximate surface area is 117 Å². The molecule has 1 N–H and O–H groups in total. The average molecular weight is 281 g/mol. The second-order valence-electron chi connectivity index (χ2n) is 4.14. The molecule has 0 atom stereocenters. The van der Waals surface area contributed by atoms with Gasteiger partial charge < -0.3 is 9.51 Å². The third-order valence-corrected chi connectivity index (χ3v) is 2.78. The Morgan fingerprint density at radius 2 is 2.24 bits per heavy atom. The lowest BCUT2D eigenvalue weighted by Crippen LogP contribution is -1.88. The number of non-ortho nitro benzene ring substituents is 1. The fourth-order valence-corrected chi connectivity index (χ4v) is 1.79. The van der Waals surface area contributed by atoms with Crippen LogP contribution in [0.25, 0.3) is 23.0 Å². The summed E-state index contributed by atoms with van der Waals surface area (Å²) in [4.78, 5) is 17.3. The number of nitriles is 1. The summed E-state index contributed by atoms with van der Waals surface area (Å²) < 4.78 is 5.09. The lowest BCUT2D eigenvalue weighted by Gasteiger charge is -1.94. The molecule has 0 saturated heterocycles. The first-order chi connectivity index (χ1) is 10.2. The minimum atomic E-state index is -0.491. The first kappa shape index (κ1) is 12.6. The lowest BCUT2D eigenvalue weighted by molar-refractivity contribution is -0.384. The van der Waals surface area contributed by atoms with E-state index in [0.717, 1.165) is 0 Å². The molecule has 0 aliphatic heterocycles. The first-order valence-corrected chi connectivity index (χ1v) is 5.85. The highest BCUT2D eigenvalue weighted by atomic mass is 16.6. The molecular formula is C13H7N5O3. The van der Waals surface area contributed by atoms with Gasteiger partial charge in [-0.05, 0) is 6.07 Å². The van der Waals surface area contributed by atoms with Gasteiger partial charge in [-0.3, -0.25) is 10.1 Å². The van der Waals surface area contributed by atoms with Crippen molar-refractivity contribution in [3.8, 4) is 29.0 Å². The molecule has 1 aromatic carbocycles. The molecule has 102 valence electrons. The van der Waals surface area contributed by atoms with Gasteiger partial charge in [-0.1, -0.05) is 17.3 Å². The highest BCUT2D eigenvalue weighted by Crippen LogP contribution is 2.24. The number of nitro groups is 1. The second-order valence-corrected chi connectivity index (χ2v) is 4.14. The summed E-state index contributed by atoms with van der Waals surface area (Å²) in [6.07, 6.45) is 1.52. The smallest absolute Gasteiger partial charge is 0.274 e. The van der Waals surface area contributed by atoms with Crippen LogP contribution in [0.4, 0.5) is 5.69 Å². The molecule has 3 aromatic rings. The van der Waals surface area contributed by atoms with Crippen LogP contribution >= 0.6 is 0 Å². The topological polar surface area (TPSA) is 122 Å². The molecule has 2 heterocycles. The molecule has 0 fully saturated rings. The lowest BCUT2D eigenvalue weighted by atomic mass is 10.2. The van der Waals surface area contributed by atoms with Crippen molar-refractivity contribution in [3.63, 3.8) is 0 Å². The molecule has 0 aliphatic carbocycles. The Morgan fingerprint density at radius 1 is 1.38 bits per heavy atom. The van der Waals surface area contributed by atoms with Crippen molar-refractivity contribution in [1.29, 1.82) is 5.26 Å². The number of aromatic nitrogens is 3. The van der Waals surface area contributed by atoms with E-state index >= 15 is 0 Å². The first-order valence-electron chi connectivity index (χ1n) is 5.85. The van der Waals surface area contributed by atoms with Crippen LogP contribution in [0.15, 0.2) is 41.1 Å². The summed E-state index contributed by atoms with van der Waals surface area (Å²) in [6, 6.07) is 9.50. The summed E-state index contributed by atoms with van der Waals surface area (Å²) in [6.45, 7) is 0. The molecule has 8 nitrogen and oxygen atoms in total. The standard InChI is InChI=1S/C13H7N5O3/c14-6-8-4-11(15-7-8)13-16-12(17-21-13)9-2-1-3-10(5-9)18(19)20/h1-5,7,15H. The van der Waals surface area contributed by atoms with Crippen molar-refractivity contribution in [2.24, 2.45) is 0 Å². The Balaban J connectivity index is 1.96. The third kappa shape index (κ3) is 2.35. The van der Waals surface area contributed by atoms with E-state index in [1.165, 1.54) is 18.3 Å². The van der Waals surface area contributed by atoms with Gasteiger partial charge >= 0.3 is 0 Å². The molecular weight excluding hydrogens is 274 g/mol. The Morgan fingerprint density at radius 3 is 2.95 bits per heavy atom. The van der Waals surface area contributed by atoms with Crippen LogP contribution in [-0.2, 0) is 0 Å². The minimum absolute atomic E-state index is 0.0505. The summed E-state index contributed by atoms with van der Waals surface area (Å²) in [5.74, 6) is 0.444. The predicted molar refractivity (Wildman–Crippen MR) is 70.9 cm³/mol. The van der Waals surface area contributed by atoms with E-state index in [1.54, 1.807) is 18.2 Å². The maximum atomic E-state index is 10.8. The number of nitro benzene ring substituents is 1. The van der Waals surface area contributed by atoms with Gasteiger partial charge in [0.05, 0.1) is 10.5 Å². The van der Waals surface area contributed by atoms with Crippen LogP contribution < -0.4 is 0 Å². The van der Waals surface area contributed by atoms with E-state index in [9.17, 15) is 10.1 Å². The highest BCUT2D eigenvalue weighted by Gasteiger charge is 2.14. The fourth-order valence-electron chi connectivity index (χ4n) is 1.79. The number of rotatable bonds is 3. The zero-order valence-corrected chi connectivity index (χ0v) is 10.5. The number of hydrogen-bond acceptors (Lipinski definition) is 6. The van der Waals surface area contributed by atoms with Crippen molar-refractivity contribution in [2.45, 2.75) is 0 Å². The summed E-state index contributed by atoms with van der Waals surface area (Å²) in [5.41, 5.74) is 1.38. The van der Waals surface area contributed by atoms with E-state index in [1.807, 2.05) is 6.07 Å². The molecule has 0 unspecified atom stereocenters. The van der Waals surface area contributed by atoms with Gasteiger partial charge in [-0.25, -0.2) is 0 Å². The van der Waals surface area contributed by atoms with Gasteiger partial charge in [0.2, 0.25) is 5.82 Å². The largest absolute Gasteiger partial charge is 0.356 e. The Hall–Kier alpha value is -3.47. The number of aromatic amines is 1. The number of H-pyrrole nitrogens is 1. The van der Waals surface area contributed by atoms with Crippen molar-refractivity contribution < 1.29 is 9.45 Å². The van der Waals surface area contributed by atoms with Gasteiger partial charge in [-0.2, -0.15) is 10.2 Å². The van der Waals surface area contributed by atoms with E-state index in [0.29, 0.717) is 16.8 Å². The monoisotopic (exact) mass is 281 g/mol. The molecule has 0 spiro atoms. The van der Waals surface area contributed by atoms with Crippen molar-refractivity contribution in [3.05, 3.63) is 52.2 Å². The minimum Gasteiger partial charge on any atom is -0.356 e. The normalized spacial score (nSPS) is 10.2. The summed E-state index contributed by atoms with van der Waals surface area (Å²) in [5, 5.41) is 23.3. The summed E-state index contributed by atoms with van der Waals surface area (Å²) >= 11 is 0. The Bertz CT molecular complexity index is 859. The highest BCUT2D eigenvalue weighted by molar-refractivity contribution is 5.61. The molecule has 21 heavy (non-hydrogen) atoms. The van der Waals surface area contributed by atoms with E-state index in [-0.39, 0.29) is 17.4 Å². The SMILES string of the molecule is N#Cc1c[nH]c(-c2nc(-c3cccc([N+](=O)[O-])c3)no2)c1. The van der Waals surface area contributed by atoms with Gasteiger partial charge in [0.15, 0.2) is 0 Å². The average Bonchev–Trinajstić information content (AvgIpc) is 3.16. The van der Waals surface area contributed by atoms with Crippen LogP contribution in [0.1, 0.15) is 5.56 Å². The molecule has 0 bridgehead atoms. The van der Waals surface area contributed by atoms with Crippen LogP contribution in [0, 0.1) is 21.4 Å². The van der Waals surface area contributed by atoms with Gasteiger partial charge in [0.25, 0.3) is 11.6 Å². The van der Waals surface area contributed by atoms with Gasteiger partial charge in [0, 0.05) is 23.9 Å². The fraction of sp³-hybridized carbons (Fsp3) is 0. The molecule has 0 aliphatic rings. The maximum Gasteiger partial charge on any atom is 0.274 e. The van der Waals surface area contributed by atoms with Crippen molar-refractivity contribution in [2.75, 3.05) is 0 Å². The molecule has 0 saturated carbocycles. The van der Waals surface area contributed by atoms with Crippen LogP contribution in [-0.4, -0.2) is 20.0 Å². The molecule has 0 radical (unpaired) electrons. The second kappa shape index (κ2) is 4.90. The Kier molecular flexibility index (Phi) is 2.93. The number of benzene rings is 1. The molecule has 2 aromatic heterocycles. The molecule has 3 rings (SSSR count). The summed E-state index contributed by atoms with van der Waals surface area (Å²) in [7, 11) is 0. The maximum absolute atomic E-state index is 10.8. The van der Waals surface area contributed by atoms with E-state index < -0.39 is 4.92 Å². The van der Waals surface area contributed by atoms with Crippen molar-refractivity contribution in [1.82, 2.24) is 15.1 Å². The molecule has 8 heteroatoms. The van der Waals surface area contributed by atoms with Crippen molar-refractivity contribution >= 4 is 5.69 Å². The zero-order chi connectivity index (χ0) is 14.8. The van der Waals surface area contributed by atoms with Crippen LogP contribution in [0.5, 0.6) is 0 Å². The van der Waals surface area contributed by atoms with Crippen LogP contribution in [0.3, 0.4) is 0 Å². The zero-order valence-electron chi connectivity index (χ0n) is 10.5. The number of hydrogen-bond donors (Lipinski definition) is 1. The van der Waals surface area contributed by atoms with Gasteiger partial charge in [-0.15, -0.1) is 0 Å². The number of nitrogens with one attached hydrogen (secondary N) is 1. The van der Waals surface area contributed by atoms with E-state index in [2.05, 4.69) is 15.1 Å². The van der Waals surface area contributed by atoms with Crippen LogP contribution in [0.2, 0.25) is 0 Å². The van der Waals surface area contributed by atoms with Gasteiger partial charge in [0.1, 0.15) is 11.8 Å². The number of nitrogens with zero attached hydrogens (tertiary/aromatic N) is 4. The quantitative estimate of drug-likeness (QED) is 0.581.